The number of aryl methyl sites for hydroxylation is 1. The highest BCUT2D eigenvalue weighted by atomic mass is 32.1. The number of anilines is 2. The summed E-state index contributed by atoms with van der Waals surface area (Å²) in [7, 11) is 0. The fourth-order valence-electron chi connectivity index (χ4n) is 3.03. The summed E-state index contributed by atoms with van der Waals surface area (Å²) in [4.78, 5) is 14.2. The van der Waals surface area contributed by atoms with E-state index in [0.717, 1.165) is 34.2 Å². The zero-order valence-electron chi connectivity index (χ0n) is 15.1. The van der Waals surface area contributed by atoms with Crippen molar-refractivity contribution >= 4 is 40.3 Å². The highest BCUT2D eigenvalue weighted by Crippen LogP contribution is 2.22. The first-order valence-corrected chi connectivity index (χ1v) is 10.1. The van der Waals surface area contributed by atoms with Crippen LogP contribution in [0, 0.1) is 16.8 Å². The lowest BCUT2D eigenvalue weighted by Gasteiger charge is -2.31. The molecule has 1 atom stereocenters. The smallest absolute Gasteiger partial charge is 0.310 e. The van der Waals surface area contributed by atoms with Crippen LogP contribution in [0.15, 0.2) is 24.3 Å². The lowest BCUT2D eigenvalue weighted by Crippen LogP contribution is -2.40. The van der Waals surface area contributed by atoms with Gasteiger partial charge in [0.05, 0.1) is 19.2 Å². The Balaban J connectivity index is 1.63. The molecule has 1 aromatic heterocycles. The molecule has 0 bridgehead atoms. The maximum atomic E-state index is 12.0. The highest BCUT2D eigenvalue weighted by Gasteiger charge is 2.27. The number of ether oxygens (including phenoxy) is 1. The van der Waals surface area contributed by atoms with Gasteiger partial charge >= 0.3 is 5.97 Å². The Morgan fingerprint density at radius 2 is 2.19 bits per heavy atom. The second-order valence-electron chi connectivity index (χ2n) is 6.47. The van der Waals surface area contributed by atoms with Gasteiger partial charge in [-0.05, 0) is 57.6 Å². The molecule has 1 aliphatic heterocycles. The third-order valence-corrected chi connectivity index (χ3v) is 5.59. The topological polar surface area (TPSA) is 59.4 Å². The zero-order valence-corrected chi connectivity index (χ0v) is 16.7. The van der Waals surface area contributed by atoms with Crippen molar-refractivity contribution < 1.29 is 9.53 Å². The van der Waals surface area contributed by atoms with Gasteiger partial charge in [-0.2, -0.15) is 0 Å². The molecule has 8 heteroatoms. The fourth-order valence-corrected chi connectivity index (χ4v) is 4.05. The van der Waals surface area contributed by atoms with E-state index in [9.17, 15) is 4.79 Å². The monoisotopic (exact) mass is 392 g/mol. The molecule has 3 rings (SSSR count). The van der Waals surface area contributed by atoms with E-state index in [1.165, 1.54) is 16.9 Å². The number of rotatable bonds is 6. The lowest BCUT2D eigenvalue weighted by molar-refractivity contribution is -0.150. The van der Waals surface area contributed by atoms with Crippen LogP contribution >= 0.6 is 23.6 Å². The summed E-state index contributed by atoms with van der Waals surface area (Å²) in [5, 5.41) is 8.67. The van der Waals surface area contributed by atoms with Gasteiger partial charge in [0.1, 0.15) is 0 Å². The van der Waals surface area contributed by atoms with E-state index in [0.29, 0.717) is 19.8 Å². The number of hydrogen-bond donors (Lipinski definition) is 1. The minimum absolute atomic E-state index is 0.0540. The average Bonchev–Trinajstić information content (AvgIpc) is 2.96. The fraction of sp³-hybridized carbons (Fsp3) is 0.500. The second kappa shape index (κ2) is 8.75. The Labute approximate surface area is 162 Å². The van der Waals surface area contributed by atoms with Crippen LogP contribution in [0.25, 0.3) is 0 Å². The SMILES string of the molecule is CCOC(=O)C1CCCN(Cn2nc(Nc3ccc(C)cc3)sc2=S)C1. The van der Waals surface area contributed by atoms with Crippen molar-refractivity contribution in [2.75, 3.05) is 25.0 Å². The van der Waals surface area contributed by atoms with E-state index in [1.54, 1.807) is 0 Å². The zero-order chi connectivity index (χ0) is 18.5. The number of piperidine rings is 1. The number of benzene rings is 1. The number of esters is 1. The predicted octanol–water partition coefficient (Wildman–Crippen LogP) is 3.96. The number of carbonyl (C=O) groups is 1. The van der Waals surface area contributed by atoms with Gasteiger partial charge in [-0.15, -0.1) is 5.10 Å². The summed E-state index contributed by atoms with van der Waals surface area (Å²) in [6, 6.07) is 8.17. The second-order valence-corrected chi connectivity index (χ2v) is 8.10. The first-order chi connectivity index (χ1) is 12.5. The molecule has 1 saturated heterocycles. The molecule has 0 spiro atoms. The van der Waals surface area contributed by atoms with E-state index in [4.69, 9.17) is 17.0 Å². The van der Waals surface area contributed by atoms with Crippen molar-refractivity contribution in [1.82, 2.24) is 14.7 Å². The molecule has 2 heterocycles. The molecule has 140 valence electrons. The highest BCUT2D eigenvalue weighted by molar-refractivity contribution is 7.73. The molecule has 1 fully saturated rings. The first kappa shape index (κ1) is 19.0. The van der Waals surface area contributed by atoms with Crippen LogP contribution in [0.4, 0.5) is 10.8 Å². The van der Waals surface area contributed by atoms with Crippen molar-refractivity contribution in [3.8, 4) is 0 Å². The van der Waals surface area contributed by atoms with E-state index in [1.807, 2.05) is 23.7 Å². The normalized spacial score (nSPS) is 17.8. The van der Waals surface area contributed by atoms with Gasteiger partial charge in [-0.25, -0.2) is 4.68 Å². The first-order valence-electron chi connectivity index (χ1n) is 8.86. The number of nitrogens with one attached hydrogen (secondary N) is 1. The van der Waals surface area contributed by atoms with Crippen LogP contribution in [0.5, 0.6) is 0 Å². The van der Waals surface area contributed by atoms with Crippen molar-refractivity contribution in [2.24, 2.45) is 5.92 Å². The summed E-state index contributed by atoms with van der Waals surface area (Å²) in [5.41, 5.74) is 2.21. The Morgan fingerprint density at radius 1 is 1.42 bits per heavy atom. The van der Waals surface area contributed by atoms with Crippen LogP contribution in [0.2, 0.25) is 0 Å². The van der Waals surface area contributed by atoms with Gasteiger partial charge < -0.3 is 10.1 Å². The molecular weight excluding hydrogens is 368 g/mol. The van der Waals surface area contributed by atoms with Gasteiger partial charge in [0, 0.05) is 12.2 Å². The van der Waals surface area contributed by atoms with Crippen LogP contribution in [-0.4, -0.2) is 40.3 Å². The molecule has 0 aliphatic carbocycles. The standard InChI is InChI=1S/C18H24N4O2S2/c1-3-24-16(23)14-5-4-10-21(11-14)12-22-18(25)26-17(20-22)19-15-8-6-13(2)7-9-15/h6-9,14H,3-5,10-12H2,1-2H3,(H,19,20). The van der Waals surface area contributed by atoms with E-state index >= 15 is 0 Å². The summed E-state index contributed by atoms with van der Waals surface area (Å²) in [6.07, 6.45) is 1.87. The van der Waals surface area contributed by atoms with E-state index in [2.05, 4.69) is 34.4 Å². The van der Waals surface area contributed by atoms with Crippen LogP contribution in [0.3, 0.4) is 0 Å². The van der Waals surface area contributed by atoms with Gasteiger partial charge in [0.25, 0.3) is 0 Å². The Morgan fingerprint density at radius 3 is 2.92 bits per heavy atom. The average molecular weight is 393 g/mol. The lowest BCUT2D eigenvalue weighted by atomic mass is 9.99. The van der Waals surface area contributed by atoms with Crippen LogP contribution in [-0.2, 0) is 16.2 Å². The minimum Gasteiger partial charge on any atom is -0.466 e. The predicted molar refractivity (Wildman–Crippen MR) is 106 cm³/mol. The quantitative estimate of drug-likeness (QED) is 0.593. The Kier molecular flexibility index (Phi) is 6.39. The van der Waals surface area contributed by atoms with Crippen molar-refractivity contribution in [3.63, 3.8) is 0 Å². The maximum absolute atomic E-state index is 12.0. The molecule has 26 heavy (non-hydrogen) atoms. The molecule has 1 aromatic carbocycles. The van der Waals surface area contributed by atoms with Gasteiger partial charge in [0.15, 0.2) is 3.95 Å². The third-order valence-electron chi connectivity index (χ3n) is 4.37. The molecule has 1 unspecified atom stereocenters. The number of likely N-dealkylation sites (tertiary alicyclic amines) is 1. The molecule has 0 amide bonds. The van der Waals surface area contributed by atoms with Crippen molar-refractivity contribution in [1.29, 1.82) is 0 Å². The molecule has 1 N–H and O–H groups in total. The van der Waals surface area contributed by atoms with Gasteiger partial charge in [-0.3, -0.25) is 9.69 Å². The molecular formula is C18H24N4O2S2. The van der Waals surface area contributed by atoms with Gasteiger partial charge in [-0.1, -0.05) is 29.0 Å². The number of carbonyl (C=O) groups excluding carboxylic acids is 1. The third kappa shape index (κ3) is 4.90. The van der Waals surface area contributed by atoms with E-state index < -0.39 is 0 Å². The van der Waals surface area contributed by atoms with Crippen LogP contribution < -0.4 is 5.32 Å². The van der Waals surface area contributed by atoms with E-state index in [-0.39, 0.29) is 11.9 Å². The maximum Gasteiger partial charge on any atom is 0.310 e. The number of hydrogen-bond acceptors (Lipinski definition) is 7. The summed E-state index contributed by atoms with van der Waals surface area (Å²) >= 11 is 6.92. The minimum atomic E-state index is -0.0965. The Hall–Kier alpha value is -1.77. The molecule has 1 aliphatic rings. The summed E-state index contributed by atoms with van der Waals surface area (Å²) in [6.45, 7) is 6.57. The summed E-state index contributed by atoms with van der Waals surface area (Å²) < 4.78 is 7.71. The summed E-state index contributed by atoms with van der Waals surface area (Å²) in [5.74, 6) is -0.150. The van der Waals surface area contributed by atoms with Gasteiger partial charge in [0.2, 0.25) is 5.13 Å². The number of nitrogens with zero attached hydrogens (tertiary/aromatic N) is 3. The number of aromatic nitrogens is 2. The molecule has 6 nitrogen and oxygen atoms in total. The molecule has 0 saturated carbocycles. The molecule has 0 radical (unpaired) electrons. The Bertz CT molecular complexity index is 800. The van der Waals surface area contributed by atoms with Crippen molar-refractivity contribution in [3.05, 3.63) is 33.8 Å². The molecule has 2 aromatic rings. The van der Waals surface area contributed by atoms with Crippen molar-refractivity contribution in [2.45, 2.75) is 33.4 Å². The van der Waals surface area contributed by atoms with Crippen LogP contribution in [0.1, 0.15) is 25.3 Å². The largest absolute Gasteiger partial charge is 0.466 e.